The van der Waals surface area contributed by atoms with Crippen molar-refractivity contribution in [1.29, 1.82) is 0 Å². The minimum atomic E-state index is -0.458. The molecular formula is C7H16O. The van der Waals surface area contributed by atoms with Gasteiger partial charge in [-0.2, -0.15) is 0 Å². The predicted molar refractivity (Wildman–Crippen MR) is 35.8 cm³/mol. The summed E-state index contributed by atoms with van der Waals surface area (Å²) in [4.78, 5) is 0. The zero-order valence-corrected chi connectivity index (χ0v) is 6.23. The van der Waals surface area contributed by atoms with Gasteiger partial charge in [0.05, 0.1) is 5.60 Å². The standard InChI is InChI=1S/C7H16O/c1-5-7(4,8)6(2)3/h6,8H,5H2,1-4H3/t7-/m0/s1. The Labute approximate surface area is 51.7 Å². The average molecular weight is 116 g/mol. The minimum absolute atomic E-state index is 0.368. The highest BCUT2D eigenvalue weighted by molar-refractivity contribution is 4.73. The summed E-state index contributed by atoms with van der Waals surface area (Å²) in [5.41, 5.74) is -0.458. The molecule has 1 heteroatoms. The van der Waals surface area contributed by atoms with E-state index in [0.717, 1.165) is 6.42 Å². The van der Waals surface area contributed by atoms with Gasteiger partial charge in [0.15, 0.2) is 0 Å². The van der Waals surface area contributed by atoms with Crippen molar-refractivity contribution in [2.24, 2.45) is 5.92 Å². The van der Waals surface area contributed by atoms with Gasteiger partial charge in [0.2, 0.25) is 0 Å². The lowest BCUT2D eigenvalue weighted by Crippen LogP contribution is -2.29. The van der Waals surface area contributed by atoms with Crippen molar-refractivity contribution in [2.45, 2.75) is 39.7 Å². The molecule has 0 saturated heterocycles. The number of rotatable bonds is 2. The molecule has 0 rings (SSSR count). The number of hydrogen-bond donors (Lipinski definition) is 1. The van der Waals surface area contributed by atoms with Crippen LogP contribution >= 0.6 is 0 Å². The second-order valence-electron chi connectivity index (χ2n) is 2.87. The highest BCUT2D eigenvalue weighted by Gasteiger charge is 2.21. The quantitative estimate of drug-likeness (QED) is 0.583. The van der Waals surface area contributed by atoms with Gasteiger partial charge in [-0.05, 0) is 19.3 Å². The Morgan fingerprint density at radius 3 is 1.88 bits per heavy atom. The van der Waals surface area contributed by atoms with Crippen LogP contribution in [0.2, 0.25) is 0 Å². The summed E-state index contributed by atoms with van der Waals surface area (Å²) in [6.07, 6.45) is 0.838. The van der Waals surface area contributed by atoms with Crippen LogP contribution in [0.5, 0.6) is 0 Å². The van der Waals surface area contributed by atoms with E-state index in [4.69, 9.17) is 0 Å². The molecule has 0 aromatic rings. The third kappa shape index (κ3) is 1.83. The zero-order chi connectivity index (χ0) is 6.78. The lowest BCUT2D eigenvalue weighted by Gasteiger charge is -2.25. The minimum Gasteiger partial charge on any atom is -0.390 e. The van der Waals surface area contributed by atoms with Crippen LogP contribution in [0.25, 0.3) is 0 Å². The van der Waals surface area contributed by atoms with Crippen LogP contribution in [0, 0.1) is 5.92 Å². The Kier molecular flexibility index (Phi) is 2.48. The molecule has 0 spiro atoms. The molecule has 0 aliphatic rings. The van der Waals surface area contributed by atoms with Crippen LogP contribution < -0.4 is 0 Å². The first kappa shape index (κ1) is 7.96. The largest absolute Gasteiger partial charge is 0.390 e. The summed E-state index contributed by atoms with van der Waals surface area (Å²) in [5.74, 6) is 0.368. The maximum atomic E-state index is 9.40. The van der Waals surface area contributed by atoms with E-state index in [1.165, 1.54) is 0 Å². The number of aliphatic hydroxyl groups is 1. The molecule has 1 nitrogen and oxygen atoms in total. The zero-order valence-electron chi connectivity index (χ0n) is 6.23. The fraction of sp³-hybridized carbons (Fsp3) is 1.00. The van der Waals surface area contributed by atoms with Crippen molar-refractivity contribution in [3.05, 3.63) is 0 Å². The van der Waals surface area contributed by atoms with E-state index in [2.05, 4.69) is 0 Å². The van der Waals surface area contributed by atoms with Gasteiger partial charge in [0.1, 0.15) is 0 Å². The molecule has 0 saturated carbocycles. The van der Waals surface area contributed by atoms with E-state index in [1.807, 2.05) is 27.7 Å². The molecule has 0 heterocycles. The second-order valence-corrected chi connectivity index (χ2v) is 2.87. The van der Waals surface area contributed by atoms with E-state index >= 15 is 0 Å². The van der Waals surface area contributed by atoms with E-state index in [0.29, 0.717) is 5.92 Å². The maximum Gasteiger partial charge on any atom is 0.0639 e. The molecule has 0 aromatic carbocycles. The van der Waals surface area contributed by atoms with Crippen molar-refractivity contribution in [3.8, 4) is 0 Å². The predicted octanol–water partition coefficient (Wildman–Crippen LogP) is 1.80. The summed E-state index contributed by atoms with van der Waals surface area (Å²) >= 11 is 0. The van der Waals surface area contributed by atoms with Gasteiger partial charge < -0.3 is 5.11 Å². The molecule has 0 fully saturated rings. The normalized spacial score (nSPS) is 18.8. The smallest absolute Gasteiger partial charge is 0.0639 e. The molecule has 0 aliphatic carbocycles. The third-order valence-electron chi connectivity index (χ3n) is 1.96. The Morgan fingerprint density at radius 2 is 1.88 bits per heavy atom. The molecule has 0 unspecified atom stereocenters. The van der Waals surface area contributed by atoms with E-state index in [1.54, 1.807) is 0 Å². The van der Waals surface area contributed by atoms with E-state index < -0.39 is 5.60 Å². The van der Waals surface area contributed by atoms with Crippen molar-refractivity contribution < 1.29 is 5.11 Å². The molecule has 0 aliphatic heterocycles. The van der Waals surface area contributed by atoms with Crippen molar-refractivity contribution in [1.82, 2.24) is 0 Å². The first-order valence-corrected chi connectivity index (χ1v) is 3.23. The molecule has 0 radical (unpaired) electrons. The Morgan fingerprint density at radius 1 is 1.50 bits per heavy atom. The van der Waals surface area contributed by atoms with Gasteiger partial charge in [-0.1, -0.05) is 20.8 Å². The monoisotopic (exact) mass is 116 g/mol. The summed E-state index contributed by atoms with van der Waals surface area (Å²) < 4.78 is 0. The van der Waals surface area contributed by atoms with Gasteiger partial charge in [0.25, 0.3) is 0 Å². The highest BCUT2D eigenvalue weighted by atomic mass is 16.3. The first-order chi connectivity index (χ1) is 3.50. The van der Waals surface area contributed by atoms with Gasteiger partial charge in [0, 0.05) is 0 Å². The molecule has 8 heavy (non-hydrogen) atoms. The van der Waals surface area contributed by atoms with Crippen LogP contribution in [0.4, 0.5) is 0 Å². The van der Waals surface area contributed by atoms with Crippen LogP contribution in [-0.4, -0.2) is 10.7 Å². The first-order valence-electron chi connectivity index (χ1n) is 3.23. The Hall–Kier alpha value is -0.0400. The summed E-state index contributed by atoms with van der Waals surface area (Å²) in [6, 6.07) is 0. The third-order valence-corrected chi connectivity index (χ3v) is 1.96. The molecule has 0 aromatic heterocycles. The van der Waals surface area contributed by atoms with Crippen molar-refractivity contribution in [2.75, 3.05) is 0 Å². The lowest BCUT2D eigenvalue weighted by atomic mass is 9.90. The van der Waals surface area contributed by atoms with Gasteiger partial charge >= 0.3 is 0 Å². The van der Waals surface area contributed by atoms with Gasteiger partial charge in [-0.15, -0.1) is 0 Å². The average Bonchev–Trinajstić information content (AvgIpc) is 1.67. The summed E-state index contributed by atoms with van der Waals surface area (Å²) in [7, 11) is 0. The van der Waals surface area contributed by atoms with Gasteiger partial charge in [-0.3, -0.25) is 0 Å². The Balaban J connectivity index is 3.71. The van der Waals surface area contributed by atoms with Crippen molar-refractivity contribution in [3.63, 3.8) is 0 Å². The van der Waals surface area contributed by atoms with Crippen molar-refractivity contribution >= 4 is 0 Å². The fourth-order valence-electron chi connectivity index (χ4n) is 0.408. The van der Waals surface area contributed by atoms with E-state index in [9.17, 15) is 5.11 Å². The molecule has 50 valence electrons. The lowest BCUT2D eigenvalue weighted by molar-refractivity contribution is 0.00998. The van der Waals surface area contributed by atoms with Gasteiger partial charge in [-0.25, -0.2) is 0 Å². The van der Waals surface area contributed by atoms with E-state index in [-0.39, 0.29) is 0 Å². The fourth-order valence-corrected chi connectivity index (χ4v) is 0.408. The van der Waals surface area contributed by atoms with Crippen LogP contribution in [0.15, 0.2) is 0 Å². The maximum absolute atomic E-state index is 9.40. The molecule has 0 bridgehead atoms. The summed E-state index contributed by atoms with van der Waals surface area (Å²) in [6.45, 7) is 7.94. The highest BCUT2D eigenvalue weighted by Crippen LogP contribution is 2.18. The molecule has 0 amide bonds. The molecular weight excluding hydrogens is 100 g/mol. The number of hydrogen-bond acceptors (Lipinski definition) is 1. The molecule has 1 N–H and O–H groups in total. The summed E-state index contributed by atoms with van der Waals surface area (Å²) in [5, 5.41) is 9.40. The molecule has 1 atom stereocenters. The SMILES string of the molecule is CC[C@](C)(O)C(C)C. The van der Waals surface area contributed by atoms with Crippen LogP contribution in [-0.2, 0) is 0 Å². The van der Waals surface area contributed by atoms with Crippen LogP contribution in [0.3, 0.4) is 0 Å². The van der Waals surface area contributed by atoms with Crippen LogP contribution in [0.1, 0.15) is 34.1 Å². The Bertz CT molecular complexity index is 64.8. The second kappa shape index (κ2) is 2.49. The topological polar surface area (TPSA) is 20.2 Å².